The third-order valence-corrected chi connectivity index (χ3v) is 3.52. The Morgan fingerprint density at radius 1 is 1.45 bits per heavy atom. The van der Waals surface area contributed by atoms with Gasteiger partial charge in [-0.2, -0.15) is 0 Å². The molecule has 20 heavy (non-hydrogen) atoms. The van der Waals surface area contributed by atoms with Gasteiger partial charge in [-0.1, -0.05) is 17.3 Å². The quantitative estimate of drug-likeness (QED) is 0.895. The molecule has 0 atom stereocenters. The van der Waals surface area contributed by atoms with Crippen molar-refractivity contribution in [2.24, 2.45) is 5.73 Å². The van der Waals surface area contributed by atoms with Crippen molar-refractivity contribution in [3.05, 3.63) is 46.8 Å². The van der Waals surface area contributed by atoms with E-state index < -0.39 is 0 Å². The summed E-state index contributed by atoms with van der Waals surface area (Å²) >= 11 is 0. The number of nitrogens with two attached hydrogens (primary N) is 1. The Hall–Kier alpha value is -2.14. The van der Waals surface area contributed by atoms with Gasteiger partial charge >= 0.3 is 0 Å². The first-order valence-electron chi connectivity index (χ1n) is 6.75. The third-order valence-electron chi connectivity index (χ3n) is 3.52. The number of aryl methyl sites for hydroxylation is 1. The zero-order valence-corrected chi connectivity index (χ0v) is 11.3. The summed E-state index contributed by atoms with van der Waals surface area (Å²) < 4.78 is 5.19. The average molecular weight is 271 g/mol. The van der Waals surface area contributed by atoms with E-state index in [-0.39, 0.29) is 5.91 Å². The molecule has 1 aromatic carbocycles. The average Bonchev–Trinajstić information content (AvgIpc) is 3.18. The summed E-state index contributed by atoms with van der Waals surface area (Å²) in [7, 11) is 0. The molecule has 104 valence electrons. The van der Waals surface area contributed by atoms with E-state index >= 15 is 0 Å². The molecule has 1 aliphatic carbocycles. The number of nitrogens with one attached hydrogen (secondary N) is 1. The van der Waals surface area contributed by atoms with Gasteiger partial charge in [-0.05, 0) is 37.0 Å². The number of carbonyl (C=O) groups excluding carboxylic acids is 1. The summed E-state index contributed by atoms with van der Waals surface area (Å²) in [6, 6.07) is 7.46. The molecule has 0 saturated heterocycles. The number of amides is 1. The van der Waals surface area contributed by atoms with Crippen molar-refractivity contribution in [3.63, 3.8) is 0 Å². The van der Waals surface area contributed by atoms with E-state index in [9.17, 15) is 4.79 Å². The molecule has 0 bridgehead atoms. The van der Waals surface area contributed by atoms with Crippen molar-refractivity contribution in [2.45, 2.75) is 32.2 Å². The Balaban J connectivity index is 1.74. The van der Waals surface area contributed by atoms with Gasteiger partial charge in [-0.15, -0.1) is 0 Å². The lowest BCUT2D eigenvalue weighted by Gasteiger charge is -2.08. The van der Waals surface area contributed by atoms with Crippen molar-refractivity contribution in [1.29, 1.82) is 0 Å². The predicted octanol–water partition coefficient (Wildman–Crippen LogP) is 2.57. The van der Waals surface area contributed by atoms with Crippen molar-refractivity contribution in [1.82, 2.24) is 5.16 Å². The van der Waals surface area contributed by atoms with Gasteiger partial charge in [0.25, 0.3) is 5.91 Å². The second kappa shape index (κ2) is 5.09. The lowest BCUT2D eigenvalue weighted by molar-refractivity contribution is 0.101. The fourth-order valence-corrected chi connectivity index (χ4v) is 2.14. The molecular formula is C15H17N3O2. The maximum Gasteiger partial charge on any atom is 0.277 e. The van der Waals surface area contributed by atoms with Gasteiger partial charge in [0.15, 0.2) is 5.69 Å². The summed E-state index contributed by atoms with van der Waals surface area (Å²) in [5.74, 6) is 1.02. The second-order valence-electron chi connectivity index (χ2n) is 5.20. The Morgan fingerprint density at radius 2 is 2.25 bits per heavy atom. The van der Waals surface area contributed by atoms with Crippen LogP contribution >= 0.6 is 0 Å². The summed E-state index contributed by atoms with van der Waals surface area (Å²) in [5.41, 5.74) is 8.70. The summed E-state index contributed by atoms with van der Waals surface area (Å²) in [5, 5.41) is 6.68. The fraction of sp³-hybridized carbons (Fsp3) is 0.333. The van der Waals surface area contributed by atoms with Gasteiger partial charge in [0, 0.05) is 24.2 Å². The van der Waals surface area contributed by atoms with Crippen molar-refractivity contribution in [3.8, 4) is 0 Å². The summed E-state index contributed by atoms with van der Waals surface area (Å²) in [4.78, 5) is 12.1. The SMILES string of the molecule is Cc1cc(CN)ccc1NC(=O)c1cc(C2CC2)on1. The largest absolute Gasteiger partial charge is 0.360 e. The number of nitrogens with zero attached hydrogens (tertiary/aromatic N) is 1. The van der Waals surface area contributed by atoms with Gasteiger partial charge < -0.3 is 15.6 Å². The van der Waals surface area contributed by atoms with Crippen LogP contribution in [-0.2, 0) is 6.54 Å². The van der Waals surface area contributed by atoms with E-state index in [1.807, 2.05) is 25.1 Å². The minimum Gasteiger partial charge on any atom is -0.360 e. The lowest BCUT2D eigenvalue weighted by Crippen LogP contribution is -2.13. The van der Waals surface area contributed by atoms with E-state index in [1.54, 1.807) is 6.07 Å². The molecule has 3 N–H and O–H groups in total. The molecule has 1 amide bonds. The smallest absolute Gasteiger partial charge is 0.277 e. The number of anilines is 1. The molecule has 0 radical (unpaired) electrons. The Kier molecular flexibility index (Phi) is 3.28. The van der Waals surface area contributed by atoms with Crippen LogP contribution in [0.1, 0.15) is 46.1 Å². The Morgan fingerprint density at radius 3 is 2.90 bits per heavy atom. The fourth-order valence-electron chi connectivity index (χ4n) is 2.14. The number of hydrogen-bond acceptors (Lipinski definition) is 4. The second-order valence-corrected chi connectivity index (χ2v) is 5.20. The first-order valence-corrected chi connectivity index (χ1v) is 6.75. The van der Waals surface area contributed by atoms with E-state index in [4.69, 9.17) is 10.3 Å². The molecule has 2 aromatic rings. The van der Waals surface area contributed by atoms with Crippen molar-refractivity contribution in [2.75, 3.05) is 5.32 Å². The van der Waals surface area contributed by atoms with E-state index in [2.05, 4.69) is 10.5 Å². The Labute approximate surface area is 117 Å². The standard InChI is InChI=1S/C15H17N3O2/c1-9-6-10(8-16)2-5-12(9)17-15(19)13-7-14(20-18-13)11-3-4-11/h2,5-7,11H,3-4,8,16H2,1H3,(H,17,19). The molecule has 1 aromatic heterocycles. The molecular weight excluding hydrogens is 254 g/mol. The molecule has 5 nitrogen and oxygen atoms in total. The highest BCUT2D eigenvalue weighted by atomic mass is 16.5. The molecule has 1 saturated carbocycles. The van der Waals surface area contributed by atoms with Crippen LogP contribution in [0.2, 0.25) is 0 Å². The maximum atomic E-state index is 12.1. The monoisotopic (exact) mass is 271 g/mol. The van der Waals surface area contributed by atoms with Crippen LogP contribution in [0.15, 0.2) is 28.8 Å². The van der Waals surface area contributed by atoms with E-state index in [0.29, 0.717) is 18.2 Å². The highest BCUT2D eigenvalue weighted by molar-refractivity contribution is 6.03. The van der Waals surface area contributed by atoms with Crippen molar-refractivity contribution < 1.29 is 9.32 Å². The maximum absolute atomic E-state index is 12.1. The molecule has 0 unspecified atom stereocenters. The minimum atomic E-state index is -0.246. The molecule has 1 heterocycles. The van der Waals surface area contributed by atoms with Crippen LogP contribution in [0, 0.1) is 6.92 Å². The van der Waals surface area contributed by atoms with Gasteiger partial charge in [0.1, 0.15) is 5.76 Å². The molecule has 1 aliphatic rings. The number of rotatable bonds is 4. The molecule has 5 heteroatoms. The number of carbonyl (C=O) groups is 1. The molecule has 3 rings (SSSR count). The van der Waals surface area contributed by atoms with Crippen LogP contribution in [0.25, 0.3) is 0 Å². The third kappa shape index (κ3) is 2.58. The van der Waals surface area contributed by atoms with E-state index in [1.165, 1.54) is 0 Å². The molecule has 0 spiro atoms. The summed E-state index contributed by atoms with van der Waals surface area (Å²) in [6.07, 6.45) is 2.24. The first-order chi connectivity index (χ1) is 9.67. The predicted molar refractivity (Wildman–Crippen MR) is 75.5 cm³/mol. The minimum absolute atomic E-state index is 0.246. The lowest BCUT2D eigenvalue weighted by atomic mass is 10.1. The normalized spacial score (nSPS) is 14.3. The van der Waals surface area contributed by atoms with E-state index in [0.717, 1.165) is 35.4 Å². The van der Waals surface area contributed by atoms with Gasteiger partial charge in [-0.3, -0.25) is 4.79 Å². The highest BCUT2D eigenvalue weighted by Crippen LogP contribution is 2.40. The zero-order chi connectivity index (χ0) is 14.1. The highest BCUT2D eigenvalue weighted by Gasteiger charge is 2.28. The van der Waals surface area contributed by atoms with Crippen LogP contribution in [0.4, 0.5) is 5.69 Å². The number of hydrogen-bond donors (Lipinski definition) is 2. The van der Waals surface area contributed by atoms with Crippen LogP contribution < -0.4 is 11.1 Å². The van der Waals surface area contributed by atoms with Gasteiger partial charge in [0.2, 0.25) is 0 Å². The number of aromatic nitrogens is 1. The molecule has 1 fully saturated rings. The number of benzene rings is 1. The zero-order valence-electron chi connectivity index (χ0n) is 11.3. The van der Waals surface area contributed by atoms with Crippen LogP contribution in [0.5, 0.6) is 0 Å². The van der Waals surface area contributed by atoms with Crippen LogP contribution in [-0.4, -0.2) is 11.1 Å². The van der Waals surface area contributed by atoms with Gasteiger partial charge in [0.05, 0.1) is 0 Å². The van der Waals surface area contributed by atoms with Crippen molar-refractivity contribution >= 4 is 11.6 Å². The molecule has 0 aliphatic heterocycles. The topological polar surface area (TPSA) is 81.1 Å². The van der Waals surface area contributed by atoms with Gasteiger partial charge in [-0.25, -0.2) is 0 Å². The summed E-state index contributed by atoms with van der Waals surface area (Å²) in [6.45, 7) is 2.43. The Bertz CT molecular complexity index is 644. The first kappa shape index (κ1) is 12.9. The van der Waals surface area contributed by atoms with Crippen LogP contribution in [0.3, 0.4) is 0 Å².